The van der Waals surface area contributed by atoms with Crippen LogP contribution < -0.4 is 15.2 Å². The Balaban J connectivity index is 2.30. The SMILES string of the molecule is CNS(=O)(=O)c1ccc(Oc2cccc(I)c2)cc1N. The van der Waals surface area contributed by atoms with E-state index in [1.165, 1.54) is 19.2 Å². The molecule has 0 atom stereocenters. The second-order valence-corrected chi connectivity index (χ2v) is 7.07. The van der Waals surface area contributed by atoms with Crippen molar-refractivity contribution in [3.8, 4) is 11.5 Å². The van der Waals surface area contributed by atoms with Gasteiger partial charge < -0.3 is 10.5 Å². The lowest BCUT2D eigenvalue weighted by atomic mass is 10.3. The molecule has 0 aliphatic heterocycles. The summed E-state index contributed by atoms with van der Waals surface area (Å²) in [6.07, 6.45) is 0. The van der Waals surface area contributed by atoms with Gasteiger partial charge in [0.1, 0.15) is 16.4 Å². The van der Waals surface area contributed by atoms with E-state index in [4.69, 9.17) is 10.5 Å². The lowest BCUT2D eigenvalue weighted by Gasteiger charge is -2.10. The Kier molecular flexibility index (Phi) is 4.51. The van der Waals surface area contributed by atoms with Gasteiger partial charge in [0.25, 0.3) is 0 Å². The number of anilines is 1. The lowest BCUT2D eigenvalue weighted by Crippen LogP contribution is -2.19. The molecule has 7 heteroatoms. The monoisotopic (exact) mass is 404 g/mol. The zero-order chi connectivity index (χ0) is 14.8. The van der Waals surface area contributed by atoms with Crippen molar-refractivity contribution in [2.24, 2.45) is 0 Å². The summed E-state index contributed by atoms with van der Waals surface area (Å²) in [5.74, 6) is 1.15. The van der Waals surface area contributed by atoms with Gasteiger partial charge in [-0.05, 0) is 60.0 Å². The molecule has 106 valence electrons. The Hall–Kier alpha value is -1.32. The van der Waals surface area contributed by atoms with Crippen molar-refractivity contribution in [3.63, 3.8) is 0 Å². The largest absolute Gasteiger partial charge is 0.457 e. The number of hydrogen-bond donors (Lipinski definition) is 2. The Morgan fingerprint density at radius 3 is 2.45 bits per heavy atom. The number of nitrogen functional groups attached to an aromatic ring is 1. The minimum Gasteiger partial charge on any atom is -0.457 e. The predicted octanol–water partition coefficient (Wildman–Crippen LogP) is 2.57. The zero-order valence-corrected chi connectivity index (χ0v) is 13.6. The number of hydrogen-bond acceptors (Lipinski definition) is 4. The summed E-state index contributed by atoms with van der Waals surface area (Å²) in [6, 6.07) is 12.0. The average Bonchev–Trinajstić information content (AvgIpc) is 2.38. The fourth-order valence-corrected chi connectivity index (χ4v) is 2.96. The first-order chi connectivity index (χ1) is 9.42. The molecule has 0 bridgehead atoms. The normalized spacial score (nSPS) is 11.3. The van der Waals surface area contributed by atoms with Gasteiger partial charge in [0, 0.05) is 9.64 Å². The summed E-state index contributed by atoms with van der Waals surface area (Å²) in [5.41, 5.74) is 5.91. The van der Waals surface area contributed by atoms with Crippen LogP contribution in [0.3, 0.4) is 0 Å². The Morgan fingerprint density at radius 2 is 1.85 bits per heavy atom. The highest BCUT2D eigenvalue weighted by molar-refractivity contribution is 14.1. The minimum atomic E-state index is -3.56. The molecule has 0 aromatic heterocycles. The summed E-state index contributed by atoms with van der Waals surface area (Å²) in [7, 11) is -2.22. The van der Waals surface area contributed by atoms with Crippen LogP contribution in [-0.2, 0) is 10.0 Å². The number of halogens is 1. The maximum atomic E-state index is 11.7. The van der Waals surface area contributed by atoms with E-state index in [9.17, 15) is 8.42 Å². The predicted molar refractivity (Wildman–Crippen MR) is 86.3 cm³/mol. The molecule has 0 saturated carbocycles. The highest BCUT2D eigenvalue weighted by Crippen LogP contribution is 2.28. The topological polar surface area (TPSA) is 81.4 Å². The van der Waals surface area contributed by atoms with Gasteiger partial charge in [-0.1, -0.05) is 6.07 Å². The molecule has 3 N–H and O–H groups in total. The van der Waals surface area contributed by atoms with E-state index < -0.39 is 10.0 Å². The zero-order valence-electron chi connectivity index (χ0n) is 10.6. The third kappa shape index (κ3) is 3.41. The first kappa shape index (κ1) is 15.1. The van der Waals surface area contributed by atoms with E-state index in [-0.39, 0.29) is 10.6 Å². The van der Waals surface area contributed by atoms with Gasteiger partial charge in [0.2, 0.25) is 10.0 Å². The average molecular weight is 404 g/mol. The smallest absolute Gasteiger partial charge is 0.242 e. The number of benzene rings is 2. The Bertz CT molecular complexity index is 732. The summed E-state index contributed by atoms with van der Waals surface area (Å²) in [4.78, 5) is 0.0370. The second kappa shape index (κ2) is 5.98. The maximum Gasteiger partial charge on any atom is 0.242 e. The number of nitrogens with one attached hydrogen (secondary N) is 1. The molecular formula is C13H13IN2O3S. The van der Waals surface area contributed by atoms with E-state index in [2.05, 4.69) is 27.3 Å². The molecule has 0 fully saturated rings. The van der Waals surface area contributed by atoms with Gasteiger partial charge in [0.05, 0.1) is 5.69 Å². The van der Waals surface area contributed by atoms with Crippen LogP contribution in [0, 0.1) is 3.57 Å². The molecule has 0 aliphatic rings. The van der Waals surface area contributed by atoms with Crippen LogP contribution in [0.4, 0.5) is 5.69 Å². The van der Waals surface area contributed by atoms with Crippen LogP contribution in [0.5, 0.6) is 11.5 Å². The molecular weight excluding hydrogens is 391 g/mol. The molecule has 0 amide bonds. The van der Waals surface area contributed by atoms with Crippen molar-refractivity contribution in [2.45, 2.75) is 4.90 Å². The van der Waals surface area contributed by atoms with E-state index in [0.29, 0.717) is 11.5 Å². The van der Waals surface area contributed by atoms with Crippen molar-refractivity contribution in [1.82, 2.24) is 4.72 Å². The van der Waals surface area contributed by atoms with Gasteiger partial charge in [0.15, 0.2) is 0 Å². The molecule has 5 nitrogen and oxygen atoms in total. The maximum absolute atomic E-state index is 11.7. The number of rotatable bonds is 4. The van der Waals surface area contributed by atoms with E-state index in [1.54, 1.807) is 6.07 Å². The summed E-state index contributed by atoms with van der Waals surface area (Å²) >= 11 is 2.18. The summed E-state index contributed by atoms with van der Waals surface area (Å²) in [5, 5.41) is 0. The van der Waals surface area contributed by atoms with Gasteiger partial charge in [-0.2, -0.15) is 0 Å². The van der Waals surface area contributed by atoms with E-state index >= 15 is 0 Å². The van der Waals surface area contributed by atoms with Crippen molar-refractivity contribution >= 4 is 38.3 Å². The molecule has 0 heterocycles. The molecule has 0 unspecified atom stereocenters. The number of sulfonamides is 1. The summed E-state index contributed by atoms with van der Waals surface area (Å²) < 4.78 is 32.3. The highest BCUT2D eigenvalue weighted by atomic mass is 127. The van der Waals surface area contributed by atoms with Gasteiger partial charge in [-0.15, -0.1) is 0 Å². The van der Waals surface area contributed by atoms with Crippen LogP contribution >= 0.6 is 22.6 Å². The second-order valence-electron chi connectivity index (χ2n) is 3.97. The van der Waals surface area contributed by atoms with Crippen molar-refractivity contribution in [3.05, 3.63) is 46.0 Å². The lowest BCUT2D eigenvalue weighted by molar-refractivity contribution is 0.482. The quantitative estimate of drug-likeness (QED) is 0.607. The third-order valence-corrected chi connectivity index (χ3v) is 4.73. The summed E-state index contributed by atoms with van der Waals surface area (Å²) in [6.45, 7) is 0. The van der Waals surface area contributed by atoms with E-state index in [1.807, 2.05) is 24.3 Å². The molecule has 0 spiro atoms. The Labute approximate surface area is 131 Å². The standard InChI is InChI=1S/C13H13IN2O3S/c1-16-20(17,18)13-6-5-11(8-12(13)15)19-10-4-2-3-9(14)7-10/h2-8,16H,15H2,1H3. The molecule has 0 saturated heterocycles. The third-order valence-electron chi connectivity index (χ3n) is 2.57. The van der Waals surface area contributed by atoms with Crippen molar-refractivity contribution in [1.29, 1.82) is 0 Å². The number of nitrogens with two attached hydrogens (primary N) is 1. The minimum absolute atomic E-state index is 0.0370. The van der Waals surface area contributed by atoms with Crippen molar-refractivity contribution in [2.75, 3.05) is 12.8 Å². The molecule has 2 rings (SSSR count). The van der Waals surface area contributed by atoms with Crippen molar-refractivity contribution < 1.29 is 13.2 Å². The van der Waals surface area contributed by atoms with Crippen LogP contribution in [0.2, 0.25) is 0 Å². The van der Waals surface area contributed by atoms with E-state index in [0.717, 1.165) is 3.57 Å². The molecule has 2 aromatic rings. The first-order valence-corrected chi connectivity index (χ1v) is 8.25. The first-order valence-electron chi connectivity index (χ1n) is 5.69. The number of ether oxygens (including phenoxy) is 1. The van der Waals surface area contributed by atoms with Crippen LogP contribution in [0.25, 0.3) is 0 Å². The molecule has 2 aromatic carbocycles. The fraction of sp³-hybridized carbons (Fsp3) is 0.0769. The van der Waals surface area contributed by atoms with Gasteiger partial charge >= 0.3 is 0 Å². The van der Waals surface area contributed by atoms with Crippen LogP contribution in [0.15, 0.2) is 47.4 Å². The molecule has 0 radical (unpaired) electrons. The fourth-order valence-electron chi connectivity index (χ4n) is 1.61. The van der Waals surface area contributed by atoms with Crippen LogP contribution in [-0.4, -0.2) is 15.5 Å². The molecule has 0 aliphatic carbocycles. The molecule has 20 heavy (non-hydrogen) atoms. The van der Waals surface area contributed by atoms with Crippen LogP contribution in [0.1, 0.15) is 0 Å². The Morgan fingerprint density at radius 1 is 1.15 bits per heavy atom. The van der Waals surface area contributed by atoms with Gasteiger partial charge in [-0.25, -0.2) is 13.1 Å². The highest BCUT2D eigenvalue weighted by Gasteiger charge is 2.15. The van der Waals surface area contributed by atoms with Gasteiger partial charge in [-0.3, -0.25) is 0 Å².